The summed E-state index contributed by atoms with van der Waals surface area (Å²) in [4.78, 5) is 11.8. The molecule has 1 aromatic rings. The Hall–Kier alpha value is -1.15. The molecule has 1 atom stereocenters. The molecule has 1 amide bonds. The zero-order chi connectivity index (χ0) is 15.6. The highest BCUT2D eigenvalue weighted by Crippen LogP contribution is 2.25. The lowest BCUT2D eigenvalue weighted by atomic mass is 10.1. The topological polar surface area (TPSA) is 87.3 Å². The SMILES string of the molecule is Cl.O=C1CCCc2cc(S(=O)(=O)NC3CCCNC3)ccc2N1. The second-order valence-electron chi connectivity index (χ2n) is 5.89. The Kier molecular flexibility index (Phi) is 6.02. The van der Waals surface area contributed by atoms with Gasteiger partial charge in [0.1, 0.15) is 0 Å². The Bertz CT molecular complexity index is 673. The number of piperidine rings is 1. The molecule has 1 aromatic carbocycles. The number of amides is 1. The van der Waals surface area contributed by atoms with Crippen LogP contribution in [0.5, 0.6) is 0 Å². The molecule has 2 aliphatic heterocycles. The maximum atomic E-state index is 12.5. The Morgan fingerprint density at radius 2 is 2.00 bits per heavy atom. The van der Waals surface area contributed by atoms with E-state index in [0.717, 1.165) is 37.1 Å². The summed E-state index contributed by atoms with van der Waals surface area (Å²) in [5.74, 6) is -0.0132. The van der Waals surface area contributed by atoms with Crippen LogP contribution in [0.15, 0.2) is 23.1 Å². The lowest BCUT2D eigenvalue weighted by Gasteiger charge is -2.23. The lowest BCUT2D eigenvalue weighted by molar-refractivity contribution is -0.116. The highest BCUT2D eigenvalue weighted by Gasteiger charge is 2.23. The molecule has 0 bridgehead atoms. The van der Waals surface area contributed by atoms with E-state index in [-0.39, 0.29) is 29.3 Å². The van der Waals surface area contributed by atoms with E-state index in [1.807, 2.05) is 0 Å². The Morgan fingerprint density at radius 1 is 1.17 bits per heavy atom. The first-order valence-corrected chi connectivity index (χ1v) is 9.19. The second kappa shape index (κ2) is 7.61. The van der Waals surface area contributed by atoms with E-state index in [0.29, 0.717) is 19.4 Å². The summed E-state index contributed by atoms with van der Waals surface area (Å²) < 4.78 is 27.8. The van der Waals surface area contributed by atoms with Gasteiger partial charge >= 0.3 is 0 Å². The molecule has 128 valence electrons. The summed E-state index contributed by atoms with van der Waals surface area (Å²) in [6.45, 7) is 1.61. The van der Waals surface area contributed by atoms with Gasteiger partial charge in [-0.05, 0) is 56.0 Å². The maximum absolute atomic E-state index is 12.5. The molecule has 0 aliphatic carbocycles. The minimum absolute atomic E-state index is 0. The number of carbonyl (C=O) groups excluding carboxylic acids is 1. The third-order valence-corrected chi connectivity index (χ3v) is 5.65. The van der Waals surface area contributed by atoms with Crippen molar-refractivity contribution in [2.24, 2.45) is 0 Å². The summed E-state index contributed by atoms with van der Waals surface area (Å²) in [5, 5.41) is 6.02. The maximum Gasteiger partial charge on any atom is 0.240 e. The summed E-state index contributed by atoms with van der Waals surface area (Å²) in [7, 11) is -3.52. The van der Waals surface area contributed by atoms with Crippen LogP contribution in [0.1, 0.15) is 31.2 Å². The van der Waals surface area contributed by atoms with Gasteiger partial charge in [0, 0.05) is 24.7 Å². The number of anilines is 1. The number of hydrogen-bond acceptors (Lipinski definition) is 4. The van der Waals surface area contributed by atoms with E-state index in [1.165, 1.54) is 0 Å². The van der Waals surface area contributed by atoms with Gasteiger partial charge in [0.25, 0.3) is 0 Å². The van der Waals surface area contributed by atoms with E-state index < -0.39 is 10.0 Å². The molecule has 1 saturated heterocycles. The molecule has 0 spiro atoms. The van der Waals surface area contributed by atoms with Crippen LogP contribution in [0.4, 0.5) is 5.69 Å². The van der Waals surface area contributed by atoms with Crippen LogP contribution in [-0.2, 0) is 21.2 Å². The molecular weight excluding hydrogens is 338 g/mol. The number of aryl methyl sites for hydroxylation is 1. The summed E-state index contributed by atoms with van der Waals surface area (Å²) in [6, 6.07) is 4.87. The van der Waals surface area contributed by atoms with Crippen LogP contribution < -0.4 is 15.4 Å². The van der Waals surface area contributed by atoms with E-state index in [4.69, 9.17) is 0 Å². The molecule has 0 radical (unpaired) electrons. The van der Waals surface area contributed by atoms with E-state index in [1.54, 1.807) is 18.2 Å². The Balaban J connectivity index is 0.00000192. The van der Waals surface area contributed by atoms with Gasteiger partial charge in [0.05, 0.1) is 4.90 Å². The molecule has 0 aromatic heterocycles. The normalized spacial score (nSPS) is 21.6. The van der Waals surface area contributed by atoms with Gasteiger partial charge in [-0.2, -0.15) is 0 Å². The van der Waals surface area contributed by atoms with Crippen molar-refractivity contribution in [3.05, 3.63) is 23.8 Å². The molecule has 2 aliphatic rings. The molecule has 2 heterocycles. The van der Waals surface area contributed by atoms with Crippen molar-refractivity contribution in [3.63, 3.8) is 0 Å². The number of fused-ring (bicyclic) bond motifs is 1. The summed E-state index contributed by atoms with van der Waals surface area (Å²) >= 11 is 0. The number of benzene rings is 1. The van der Waals surface area contributed by atoms with Crippen molar-refractivity contribution in [1.29, 1.82) is 0 Å². The predicted octanol–water partition coefficient (Wildman–Crippen LogP) is 1.41. The Labute approximate surface area is 142 Å². The van der Waals surface area contributed by atoms with Crippen molar-refractivity contribution in [3.8, 4) is 0 Å². The first kappa shape index (κ1) is 18.2. The molecule has 1 unspecified atom stereocenters. The van der Waals surface area contributed by atoms with Crippen LogP contribution in [-0.4, -0.2) is 33.5 Å². The average molecular weight is 360 g/mol. The van der Waals surface area contributed by atoms with E-state index >= 15 is 0 Å². The quantitative estimate of drug-likeness (QED) is 0.761. The van der Waals surface area contributed by atoms with Crippen LogP contribution in [0.25, 0.3) is 0 Å². The zero-order valence-electron chi connectivity index (χ0n) is 12.8. The standard InChI is InChI=1S/C15H21N3O3S.ClH/c19-15-5-1-3-11-9-13(6-7-14(11)17-15)22(20,21)18-12-4-2-8-16-10-12;/h6-7,9,12,16,18H,1-5,8,10H2,(H,17,19);1H. The molecule has 0 saturated carbocycles. The van der Waals surface area contributed by atoms with E-state index in [2.05, 4.69) is 15.4 Å². The predicted molar refractivity (Wildman–Crippen MR) is 91.5 cm³/mol. The van der Waals surface area contributed by atoms with Crippen LogP contribution in [0.2, 0.25) is 0 Å². The average Bonchev–Trinajstić information content (AvgIpc) is 2.67. The van der Waals surface area contributed by atoms with Crippen LogP contribution in [0, 0.1) is 0 Å². The monoisotopic (exact) mass is 359 g/mol. The smallest absolute Gasteiger partial charge is 0.240 e. The molecule has 6 nitrogen and oxygen atoms in total. The molecule has 3 N–H and O–H groups in total. The van der Waals surface area contributed by atoms with Gasteiger partial charge in [0.2, 0.25) is 15.9 Å². The molecule has 3 rings (SSSR count). The van der Waals surface area contributed by atoms with Gasteiger partial charge in [-0.1, -0.05) is 0 Å². The first-order valence-electron chi connectivity index (χ1n) is 7.70. The van der Waals surface area contributed by atoms with Gasteiger partial charge in [-0.25, -0.2) is 13.1 Å². The van der Waals surface area contributed by atoms with Gasteiger partial charge in [0.15, 0.2) is 0 Å². The highest BCUT2D eigenvalue weighted by atomic mass is 35.5. The molecule has 23 heavy (non-hydrogen) atoms. The van der Waals surface area contributed by atoms with Gasteiger partial charge < -0.3 is 10.6 Å². The minimum atomic E-state index is -3.52. The third kappa shape index (κ3) is 4.44. The summed E-state index contributed by atoms with van der Waals surface area (Å²) in [5.41, 5.74) is 1.61. The highest BCUT2D eigenvalue weighted by molar-refractivity contribution is 7.89. The molecule has 8 heteroatoms. The minimum Gasteiger partial charge on any atom is -0.326 e. The summed E-state index contributed by atoms with van der Waals surface area (Å²) in [6.07, 6.45) is 3.75. The number of sulfonamides is 1. The fourth-order valence-electron chi connectivity index (χ4n) is 2.96. The largest absolute Gasteiger partial charge is 0.326 e. The van der Waals surface area contributed by atoms with Crippen molar-refractivity contribution in [2.45, 2.75) is 43.0 Å². The second-order valence-corrected chi connectivity index (χ2v) is 7.60. The number of halogens is 1. The van der Waals surface area contributed by atoms with Crippen molar-refractivity contribution in [1.82, 2.24) is 10.0 Å². The van der Waals surface area contributed by atoms with Gasteiger partial charge in [-0.3, -0.25) is 4.79 Å². The third-order valence-electron chi connectivity index (χ3n) is 4.13. The fraction of sp³-hybridized carbons (Fsp3) is 0.533. The number of nitrogens with one attached hydrogen (secondary N) is 3. The number of rotatable bonds is 3. The molecule has 1 fully saturated rings. The fourth-order valence-corrected chi connectivity index (χ4v) is 4.28. The van der Waals surface area contributed by atoms with Crippen molar-refractivity contribution >= 4 is 34.0 Å². The van der Waals surface area contributed by atoms with Crippen LogP contribution in [0.3, 0.4) is 0 Å². The first-order chi connectivity index (χ1) is 10.5. The lowest BCUT2D eigenvalue weighted by Crippen LogP contribution is -2.45. The van der Waals surface area contributed by atoms with Gasteiger partial charge in [-0.15, -0.1) is 12.4 Å². The Morgan fingerprint density at radius 3 is 2.74 bits per heavy atom. The van der Waals surface area contributed by atoms with Crippen LogP contribution >= 0.6 is 12.4 Å². The van der Waals surface area contributed by atoms with Crippen molar-refractivity contribution < 1.29 is 13.2 Å². The number of hydrogen-bond donors (Lipinski definition) is 3. The zero-order valence-corrected chi connectivity index (χ0v) is 14.4. The number of carbonyl (C=O) groups is 1. The molecular formula is C15H22ClN3O3S. The van der Waals surface area contributed by atoms with E-state index in [9.17, 15) is 13.2 Å². The van der Waals surface area contributed by atoms with Crippen molar-refractivity contribution in [2.75, 3.05) is 18.4 Å².